The number of carbonyl (C=O) groups excluding carboxylic acids is 1. The number of halogens is 1. The number of carbonyl (C=O) groups is 2. The van der Waals surface area contributed by atoms with Crippen molar-refractivity contribution >= 4 is 17.7 Å². The van der Waals surface area contributed by atoms with Gasteiger partial charge in [0.05, 0.1) is 12.2 Å². The van der Waals surface area contributed by atoms with E-state index in [4.69, 9.17) is 10.2 Å². The van der Waals surface area contributed by atoms with Crippen molar-refractivity contribution in [2.45, 2.75) is 19.9 Å². The number of carboxylic acids is 1. The third-order valence-corrected chi connectivity index (χ3v) is 2.67. The molecule has 0 saturated carbocycles. The van der Waals surface area contributed by atoms with Gasteiger partial charge in [-0.25, -0.2) is 14.0 Å². The Kier molecular flexibility index (Phi) is 5.45. The number of nitrogens with one attached hydrogen (secondary N) is 1. The Balaban J connectivity index is 2.89. The van der Waals surface area contributed by atoms with Gasteiger partial charge in [0.15, 0.2) is 0 Å². The lowest BCUT2D eigenvalue weighted by Crippen LogP contribution is -2.41. The molecule has 0 bridgehead atoms. The summed E-state index contributed by atoms with van der Waals surface area (Å²) in [7, 11) is 0. The van der Waals surface area contributed by atoms with E-state index in [2.05, 4.69) is 5.32 Å². The lowest BCUT2D eigenvalue weighted by Gasteiger charge is -2.26. The lowest BCUT2D eigenvalue weighted by molar-refractivity contribution is 0.0692. The standard InChI is InChI=1S/C13H17FN2O4/c1-8(2)16(5-6-17)13(20)15-9-3-4-11(14)10(7-9)12(18)19/h3-4,7-8,17H,5-6H2,1-2H3,(H,15,20)(H,18,19). The molecule has 0 radical (unpaired) electrons. The number of hydrogen-bond donors (Lipinski definition) is 3. The maximum absolute atomic E-state index is 13.2. The highest BCUT2D eigenvalue weighted by Crippen LogP contribution is 2.15. The molecule has 1 rings (SSSR count). The first kappa shape index (κ1) is 15.9. The molecular weight excluding hydrogens is 267 g/mol. The van der Waals surface area contributed by atoms with Crippen molar-refractivity contribution in [1.82, 2.24) is 4.90 Å². The first-order valence-electron chi connectivity index (χ1n) is 6.08. The minimum Gasteiger partial charge on any atom is -0.478 e. The molecule has 2 amide bonds. The maximum Gasteiger partial charge on any atom is 0.338 e. The van der Waals surface area contributed by atoms with Crippen molar-refractivity contribution in [3.05, 3.63) is 29.6 Å². The van der Waals surface area contributed by atoms with E-state index in [1.807, 2.05) is 0 Å². The zero-order valence-electron chi connectivity index (χ0n) is 11.3. The van der Waals surface area contributed by atoms with Crippen LogP contribution in [0.3, 0.4) is 0 Å². The number of rotatable bonds is 5. The second-order valence-electron chi connectivity index (χ2n) is 4.44. The first-order chi connectivity index (χ1) is 9.36. The molecule has 0 aliphatic carbocycles. The highest BCUT2D eigenvalue weighted by molar-refractivity contribution is 5.93. The normalized spacial score (nSPS) is 10.4. The quantitative estimate of drug-likeness (QED) is 0.768. The zero-order chi connectivity index (χ0) is 15.3. The predicted molar refractivity (Wildman–Crippen MR) is 71.3 cm³/mol. The lowest BCUT2D eigenvalue weighted by atomic mass is 10.2. The van der Waals surface area contributed by atoms with Crippen molar-refractivity contribution < 1.29 is 24.2 Å². The molecule has 1 aromatic carbocycles. The average Bonchev–Trinajstić information content (AvgIpc) is 2.37. The number of aliphatic hydroxyl groups is 1. The van der Waals surface area contributed by atoms with Crippen LogP contribution >= 0.6 is 0 Å². The molecule has 0 atom stereocenters. The Morgan fingerprint density at radius 3 is 2.55 bits per heavy atom. The predicted octanol–water partition coefficient (Wildman–Crippen LogP) is 1.76. The van der Waals surface area contributed by atoms with E-state index < -0.39 is 23.4 Å². The topological polar surface area (TPSA) is 89.9 Å². The van der Waals surface area contributed by atoms with Crippen molar-refractivity contribution in [3.8, 4) is 0 Å². The van der Waals surface area contributed by atoms with Crippen molar-refractivity contribution in [3.63, 3.8) is 0 Å². The molecule has 0 heterocycles. The Morgan fingerprint density at radius 1 is 1.40 bits per heavy atom. The summed E-state index contributed by atoms with van der Waals surface area (Å²) in [6.07, 6.45) is 0. The van der Waals surface area contributed by atoms with Crippen LogP contribution in [-0.2, 0) is 0 Å². The minimum absolute atomic E-state index is 0.137. The number of benzene rings is 1. The van der Waals surface area contributed by atoms with Gasteiger partial charge < -0.3 is 20.4 Å². The van der Waals surface area contributed by atoms with Gasteiger partial charge in [-0.15, -0.1) is 0 Å². The summed E-state index contributed by atoms with van der Waals surface area (Å²) in [4.78, 5) is 24.2. The summed E-state index contributed by atoms with van der Waals surface area (Å²) in [5, 5.41) is 20.2. The van der Waals surface area contributed by atoms with Gasteiger partial charge in [0.25, 0.3) is 0 Å². The number of carboxylic acid groups (broad SMARTS) is 1. The monoisotopic (exact) mass is 284 g/mol. The Hall–Kier alpha value is -2.15. The van der Waals surface area contributed by atoms with Crippen LogP contribution in [0.15, 0.2) is 18.2 Å². The number of aromatic carboxylic acids is 1. The molecule has 110 valence electrons. The summed E-state index contributed by atoms with van der Waals surface area (Å²) >= 11 is 0. The zero-order valence-corrected chi connectivity index (χ0v) is 11.3. The SMILES string of the molecule is CC(C)N(CCO)C(=O)Nc1ccc(F)c(C(=O)O)c1. The fourth-order valence-electron chi connectivity index (χ4n) is 1.66. The molecule has 0 fully saturated rings. The van der Waals surface area contributed by atoms with Gasteiger partial charge in [-0.3, -0.25) is 0 Å². The molecule has 1 aromatic rings. The number of anilines is 1. The summed E-state index contributed by atoms with van der Waals surface area (Å²) in [5.41, 5.74) is -0.335. The van der Waals surface area contributed by atoms with Crippen LogP contribution in [-0.4, -0.2) is 46.3 Å². The molecule has 6 nitrogen and oxygen atoms in total. The van der Waals surface area contributed by atoms with Gasteiger partial charge in [-0.1, -0.05) is 0 Å². The third-order valence-electron chi connectivity index (χ3n) is 2.67. The Morgan fingerprint density at radius 2 is 2.05 bits per heavy atom. The van der Waals surface area contributed by atoms with Crippen molar-refractivity contribution in [2.75, 3.05) is 18.5 Å². The van der Waals surface area contributed by atoms with Crippen LogP contribution in [0.5, 0.6) is 0 Å². The van der Waals surface area contributed by atoms with E-state index >= 15 is 0 Å². The molecule has 20 heavy (non-hydrogen) atoms. The molecular formula is C13H17FN2O4. The fraction of sp³-hybridized carbons (Fsp3) is 0.385. The van der Waals surface area contributed by atoms with Gasteiger partial charge in [-0.05, 0) is 32.0 Å². The molecule has 3 N–H and O–H groups in total. The Labute approximate surface area is 115 Å². The number of nitrogens with zero attached hydrogens (tertiary/aromatic N) is 1. The fourth-order valence-corrected chi connectivity index (χ4v) is 1.66. The van der Waals surface area contributed by atoms with E-state index in [-0.39, 0.29) is 24.9 Å². The van der Waals surface area contributed by atoms with E-state index in [9.17, 15) is 14.0 Å². The van der Waals surface area contributed by atoms with Crippen LogP contribution in [0.2, 0.25) is 0 Å². The average molecular weight is 284 g/mol. The van der Waals surface area contributed by atoms with Gasteiger partial charge >= 0.3 is 12.0 Å². The minimum atomic E-state index is -1.41. The van der Waals surface area contributed by atoms with Crippen LogP contribution in [0.1, 0.15) is 24.2 Å². The van der Waals surface area contributed by atoms with Gasteiger partial charge in [0, 0.05) is 18.3 Å². The van der Waals surface area contributed by atoms with Gasteiger partial charge in [0.1, 0.15) is 5.82 Å². The molecule has 0 aliphatic rings. The maximum atomic E-state index is 13.2. The van der Waals surface area contributed by atoms with Crippen LogP contribution < -0.4 is 5.32 Å². The molecule has 0 aromatic heterocycles. The smallest absolute Gasteiger partial charge is 0.338 e. The number of urea groups is 1. The number of hydrogen-bond acceptors (Lipinski definition) is 3. The summed E-state index contributed by atoms with van der Waals surface area (Å²) < 4.78 is 13.2. The molecule has 0 saturated heterocycles. The van der Waals surface area contributed by atoms with Gasteiger partial charge in [0.2, 0.25) is 0 Å². The molecule has 0 unspecified atom stereocenters. The summed E-state index contributed by atoms with van der Waals surface area (Å²) in [5.74, 6) is -2.28. The van der Waals surface area contributed by atoms with E-state index in [0.29, 0.717) is 0 Å². The van der Waals surface area contributed by atoms with E-state index in [1.165, 1.54) is 11.0 Å². The second kappa shape index (κ2) is 6.85. The van der Waals surface area contributed by atoms with Crippen molar-refractivity contribution in [1.29, 1.82) is 0 Å². The third kappa shape index (κ3) is 3.92. The highest BCUT2D eigenvalue weighted by atomic mass is 19.1. The molecule has 7 heteroatoms. The molecule has 0 aliphatic heterocycles. The molecule has 0 spiro atoms. The van der Waals surface area contributed by atoms with Crippen LogP contribution in [0.25, 0.3) is 0 Å². The summed E-state index contributed by atoms with van der Waals surface area (Å²) in [6, 6.07) is 2.67. The Bertz CT molecular complexity index is 505. The first-order valence-corrected chi connectivity index (χ1v) is 6.08. The number of aliphatic hydroxyl groups excluding tert-OH is 1. The largest absolute Gasteiger partial charge is 0.478 e. The van der Waals surface area contributed by atoms with E-state index in [1.54, 1.807) is 13.8 Å². The van der Waals surface area contributed by atoms with Gasteiger partial charge in [-0.2, -0.15) is 0 Å². The van der Waals surface area contributed by atoms with Crippen LogP contribution in [0, 0.1) is 5.82 Å². The summed E-state index contributed by atoms with van der Waals surface area (Å²) in [6.45, 7) is 3.52. The number of amides is 2. The van der Waals surface area contributed by atoms with Crippen LogP contribution in [0.4, 0.5) is 14.9 Å². The van der Waals surface area contributed by atoms with Crippen molar-refractivity contribution in [2.24, 2.45) is 0 Å². The second-order valence-corrected chi connectivity index (χ2v) is 4.44. The van der Waals surface area contributed by atoms with E-state index in [0.717, 1.165) is 12.1 Å². The highest BCUT2D eigenvalue weighted by Gasteiger charge is 2.17.